The molecule has 0 amide bonds. The average Bonchev–Trinajstić information content (AvgIpc) is 2.80. The Morgan fingerprint density at radius 3 is 2.32 bits per heavy atom. The van der Waals surface area contributed by atoms with Gasteiger partial charge in [0.05, 0.1) is 11.5 Å². The van der Waals surface area contributed by atoms with Gasteiger partial charge in [-0.05, 0) is 23.1 Å². The van der Waals surface area contributed by atoms with E-state index in [1.54, 1.807) is 13.8 Å². The van der Waals surface area contributed by atoms with Gasteiger partial charge < -0.3 is 5.11 Å². The van der Waals surface area contributed by atoms with E-state index in [9.17, 15) is 22.4 Å². The Kier molecular flexibility index (Phi) is 2.88. The number of rotatable bonds is 2. The molecule has 0 radical (unpaired) electrons. The van der Waals surface area contributed by atoms with Crippen molar-refractivity contribution in [1.82, 2.24) is 0 Å². The minimum absolute atomic E-state index is 0.214. The van der Waals surface area contributed by atoms with Crippen LogP contribution in [0.15, 0.2) is 18.2 Å². The lowest BCUT2D eigenvalue weighted by molar-refractivity contribution is -0.140. The third-order valence-electron chi connectivity index (χ3n) is 3.75. The molecule has 0 bridgehead atoms. The number of alkyl halides is 3. The Balaban J connectivity index is 2.42. The molecule has 1 aromatic rings. The maximum absolute atomic E-state index is 13.2. The minimum Gasteiger partial charge on any atom is -0.481 e. The van der Waals surface area contributed by atoms with Gasteiger partial charge in [0.1, 0.15) is 5.82 Å². The number of hydrogen-bond donors (Lipinski definition) is 1. The molecule has 0 aliphatic heterocycles. The van der Waals surface area contributed by atoms with Crippen molar-refractivity contribution < 1.29 is 27.5 Å². The van der Waals surface area contributed by atoms with Crippen molar-refractivity contribution in [3.8, 4) is 0 Å². The molecule has 1 aliphatic rings. The molecular formula is C13H12F4O2. The van der Waals surface area contributed by atoms with E-state index in [4.69, 9.17) is 5.11 Å². The third-order valence-corrected chi connectivity index (χ3v) is 3.75. The quantitative estimate of drug-likeness (QED) is 0.837. The van der Waals surface area contributed by atoms with E-state index in [0.29, 0.717) is 6.07 Å². The van der Waals surface area contributed by atoms with E-state index < -0.39 is 40.8 Å². The molecule has 0 aromatic heterocycles. The second-order valence-electron chi connectivity index (χ2n) is 5.35. The summed E-state index contributed by atoms with van der Waals surface area (Å²) in [6.07, 6.45) is -4.78. The van der Waals surface area contributed by atoms with Gasteiger partial charge in [-0.3, -0.25) is 4.79 Å². The average molecular weight is 276 g/mol. The lowest BCUT2D eigenvalue weighted by Gasteiger charge is -2.10. The van der Waals surface area contributed by atoms with Gasteiger partial charge >= 0.3 is 12.1 Å². The Morgan fingerprint density at radius 2 is 1.89 bits per heavy atom. The van der Waals surface area contributed by atoms with Crippen molar-refractivity contribution in [2.45, 2.75) is 25.9 Å². The SMILES string of the molecule is CC1(C)[C@H](C(=O)O)[C@H]1c1ccc(F)c(C(F)(F)F)c1. The number of carbonyl (C=O) groups is 1. The molecule has 1 fully saturated rings. The first-order chi connectivity index (χ1) is 8.56. The Hall–Kier alpha value is -1.59. The number of carboxylic acid groups (broad SMARTS) is 1. The van der Waals surface area contributed by atoms with Gasteiger partial charge in [-0.1, -0.05) is 19.9 Å². The van der Waals surface area contributed by atoms with Crippen LogP contribution in [0.3, 0.4) is 0 Å². The van der Waals surface area contributed by atoms with Crippen molar-refractivity contribution in [1.29, 1.82) is 0 Å². The van der Waals surface area contributed by atoms with Crippen LogP contribution >= 0.6 is 0 Å². The fourth-order valence-corrected chi connectivity index (χ4v) is 2.67. The molecule has 19 heavy (non-hydrogen) atoms. The summed E-state index contributed by atoms with van der Waals surface area (Å²) < 4.78 is 51.0. The van der Waals surface area contributed by atoms with Crippen LogP contribution in [0, 0.1) is 17.2 Å². The molecule has 6 heteroatoms. The topological polar surface area (TPSA) is 37.3 Å². The van der Waals surface area contributed by atoms with E-state index in [1.807, 2.05) is 0 Å². The molecule has 104 valence electrons. The fourth-order valence-electron chi connectivity index (χ4n) is 2.67. The van der Waals surface area contributed by atoms with Gasteiger partial charge in [0.2, 0.25) is 0 Å². The molecule has 0 unspecified atom stereocenters. The maximum atomic E-state index is 13.2. The van der Waals surface area contributed by atoms with Crippen molar-refractivity contribution in [2.24, 2.45) is 11.3 Å². The van der Waals surface area contributed by atoms with Crippen molar-refractivity contribution in [2.75, 3.05) is 0 Å². The second-order valence-corrected chi connectivity index (χ2v) is 5.35. The van der Waals surface area contributed by atoms with E-state index in [-0.39, 0.29) is 5.56 Å². The molecule has 2 nitrogen and oxygen atoms in total. The first kappa shape index (κ1) is 13.8. The van der Waals surface area contributed by atoms with E-state index in [0.717, 1.165) is 6.07 Å². The molecule has 2 rings (SSSR count). The normalized spacial score (nSPS) is 25.2. The lowest BCUT2D eigenvalue weighted by Crippen LogP contribution is -2.09. The molecule has 1 aromatic carbocycles. The zero-order valence-electron chi connectivity index (χ0n) is 10.3. The largest absolute Gasteiger partial charge is 0.481 e. The van der Waals surface area contributed by atoms with E-state index in [1.165, 1.54) is 6.07 Å². The molecule has 0 saturated heterocycles. The highest BCUT2D eigenvalue weighted by molar-refractivity contribution is 5.77. The standard InChI is InChI=1S/C13H12F4O2/c1-12(2)9(10(12)11(18)19)6-3-4-8(14)7(5-6)13(15,16)17/h3-5,9-10H,1-2H3,(H,18,19)/t9-,10+/m1/s1. The van der Waals surface area contributed by atoms with Gasteiger partial charge in [0.25, 0.3) is 0 Å². The predicted octanol–water partition coefficient (Wildman–Crippen LogP) is 3.67. The van der Waals surface area contributed by atoms with Crippen molar-refractivity contribution >= 4 is 5.97 Å². The van der Waals surface area contributed by atoms with Crippen molar-refractivity contribution in [3.63, 3.8) is 0 Å². The molecule has 1 N–H and O–H groups in total. The number of benzene rings is 1. The van der Waals surface area contributed by atoms with Crippen molar-refractivity contribution in [3.05, 3.63) is 35.1 Å². The summed E-state index contributed by atoms with van der Waals surface area (Å²) in [5.74, 6) is -3.65. The second kappa shape index (κ2) is 3.95. The molecule has 1 saturated carbocycles. The Morgan fingerprint density at radius 1 is 1.32 bits per heavy atom. The minimum atomic E-state index is -4.78. The van der Waals surface area contributed by atoms with Gasteiger partial charge in [-0.15, -0.1) is 0 Å². The first-order valence-corrected chi connectivity index (χ1v) is 5.66. The maximum Gasteiger partial charge on any atom is 0.419 e. The van der Waals surface area contributed by atoms with Crippen LogP contribution in [0.5, 0.6) is 0 Å². The van der Waals surface area contributed by atoms with Crippen LogP contribution in [0.25, 0.3) is 0 Å². The summed E-state index contributed by atoms with van der Waals surface area (Å²) in [5.41, 5.74) is -1.75. The summed E-state index contributed by atoms with van der Waals surface area (Å²) in [7, 11) is 0. The van der Waals surface area contributed by atoms with E-state index >= 15 is 0 Å². The fraction of sp³-hybridized carbons (Fsp3) is 0.462. The summed E-state index contributed by atoms with van der Waals surface area (Å²) in [4.78, 5) is 11.0. The first-order valence-electron chi connectivity index (χ1n) is 5.66. The zero-order chi connectivity index (χ0) is 14.6. The highest BCUT2D eigenvalue weighted by Gasteiger charge is 2.62. The Labute approximate surface area is 107 Å². The highest BCUT2D eigenvalue weighted by atomic mass is 19.4. The van der Waals surface area contributed by atoms with E-state index in [2.05, 4.69) is 0 Å². The van der Waals surface area contributed by atoms with Gasteiger partial charge in [0.15, 0.2) is 0 Å². The van der Waals surface area contributed by atoms with Crippen LogP contribution in [-0.4, -0.2) is 11.1 Å². The van der Waals surface area contributed by atoms with Crippen LogP contribution in [0.1, 0.15) is 30.9 Å². The molecule has 1 aliphatic carbocycles. The summed E-state index contributed by atoms with van der Waals surface area (Å²) in [6.45, 7) is 3.35. The van der Waals surface area contributed by atoms with Crippen LogP contribution in [0.4, 0.5) is 17.6 Å². The molecule has 2 atom stereocenters. The van der Waals surface area contributed by atoms with Gasteiger partial charge in [-0.25, -0.2) is 4.39 Å². The molecule has 0 spiro atoms. The lowest BCUT2D eigenvalue weighted by atomic mass is 10.0. The summed E-state index contributed by atoms with van der Waals surface area (Å²) in [5, 5.41) is 9.01. The number of hydrogen-bond acceptors (Lipinski definition) is 1. The zero-order valence-corrected chi connectivity index (χ0v) is 10.3. The molecule has 0 heterocycles. The third kappa shape index (κ3) is 2.19. The van der Waals surface area contributed by atoms with Crippen LogP contribution < -0.4 is 0 Å². The molecular weight excluding hydrogens is 264 g/mol. The summed E-state index contributed by atoms with van der Waals surface area (Å²) >= 11 is 0. The number of halogens is 4. The summed E-state index contributed by atoms with van der Waals surface area (Å²) in [6, 6.07) is 2.68. The highest BCUT2D eigenvalue weighted by Crippen LogP contribution is 2.64. The van der Waals surface area contributed by atoms with Gasteiger partial charge in [-0.2, -0.15) is 13.2 Å². The number of aliphatic carboxylic acids is 1. The van der Waals surface area contributed by atoms with Gasteiger partial charge in [0, 0.05) is 5.92 Å². The Bertz CT molecular complexity index is 534. The smallest absolute Gasteiger partial charge is 0.419 e. The predicted molar refractivity (Wildman–Crippen MR) is 59.0 cm³/mol. The number of carboxylic acids is 1. The monoisotopic (exact) mass is 276 g/mol. The van der Waals surface area contributed by atoms with Crippen LogP contribution in [-0.2, 0) is 11.0 Å². The van der Waals surface area contributed by atoms with Crippen LogP contribution in [0.2, 0.25) is 0 Å².